The fourth-order valence-electron chi connectivity index (χ4n) is 1.48. The number of hydrogen-bond donors (Lipinski definition) is 2. The third-order valence-electron chi connectivity index (χ3n) is 2.75. The number of nitrogens with one attached hydrogen (secondary N) is 1. The number of methoxy groups -OCH3 is 1. The lowest BCUT2D eigenvalue weighted by atomic mass is 10.1. The first kappa shape index (κ1) is 16.5. The van der Waals surface area contributed by atoms with Gasteiger partial charge in [0.2, 0.25) is 10.0 Å². The maximum Gasteiger partial charge on any atom is 0.254 e. The zero-order valence-electron chi connectivity index (χ0n) is 11.4. The predicted octanol–water partition coefficient (Wildman–Crippen LogP) is 0.546. The molecule has 0 bridgehead atoms. The molecular formula is C12H17FN2O4S. The largest absolute Gasteiger partial charge is 0.380 e. The summed E-state index contributed by atoms with van der Waals surface area (Å²) in [6, 6.07) is 2.00. The molecule has 1 rings (SSSR count). The van der Waals surface area contributed by atoms with E-state index < -0.39 is 21.7 Å². The van der Waals surface area contributed by atoms with Crippen molar-refractivity contribution in [1.82, 2.24) is 5.32 Å². The molecule has 0 saturated heterocycles. The van der Waals surface area contributed by atoms with Crippen LogP contribution >= 0.6 is 0 Å². The maximum atomic E-state index is 13.9. The van der Waals surface area contributed by atoms with Crippen LogP contribution in [0.5, 0.6) is 0 Å². The van der Waals surface area contributed by atoms with Crippen molar-refractivity contribution in [3.63, 3.8) is 0 Å². The normalized spacial score (nSPS) is 13.1. The molecule has 0 radical (unpaired) electrons. The molecule has 0 heterocycles. The quantitative estimate of drug-likeness (QED) is 0.829. The highest BCUT2D eigenvalue weighted by Crippen LogP contribution is 2.18. The molecule has 0 aromatic heterocycles. The van der Waals surface area contributed by atoms with E-state index >= 15 is 0 Å². The molecule has 8 heteroatoms. The van der Waals surface area contributed by atoms with Crippen molar-refractivity contribution >= 4 is 15.9 Å². The number of hydrogen-bond acceptors (Lipinski definition) is 4. The van der Waals surface area contributed by atoms with Gasteiger partial charge in [-0.15, -0.1) is 0 Å². The van der Waals surface area contributed by atoms with Crippen LogP contribution in [0.3, 0.4) is 0 Å². The highest BCUT2D eigenvalue weighted by molar-refractivity contribution is 7.89. The molecule has 3 N–H and O–H groups in total. The van der Waals surface area contributed by atoms with E-state index in [9.17, 15) is 17.6 Å². The van der Waals surface area contributed by atoms with E-state index in [-0.39, 0.29) is 28.7 Å². The second kappa shape index (κ2) is 6.29. The monoisotopic (exact) mass is 304 g/mol. The fourth-order valence-corrected chi connectivity index (χ4v) is 2.10. The molecule has 1 atom stereocenters. The van der Waals surface area contributed by atoms with Crippen molar-refractivity contribution in [3.05, 3.63) is 29.1 Å². The minimum absolute atomic E-state index is 0.0291. The number of nitrogens with two attached hydrogens (primary N) is 1. The lowest BCUT2D eigenvalue weighted by molar-refractivity contribution is 0.0866. The lowest BCUT2D eigenvalue weighted by Crippen LogP contribution is -2.32. The molecule has 1 amide bonds. The number of sulfonamides is 1. The highest BCUT2D eigenvalue weighted by atomic mass is 32.2. The third-order valence-corrected chi connectivity index (χ3v) is 3.65. The summed E-state index contributed by atoms with van der Waals surface area (Å²) >= 11 is 0. The minimum atomic E-state index is -4.01. The van der Waals surface area contributed by atoms with Gasteiger partial charge in [0.25, 0.3) is 5.91 Å². The molecule has 0 aliphatic carbocycles. The molecule has 1 unspecified atom stereocenters. The second-order valence-electron chi connectivity index (χ2n) is 4.40. The number of carbonyl (C=O) groups excluding carboxylic acids is 1. The smallest absolute Gasteiger partial charge is 0.254 e. The van der Waals surface area contributed by atoms with Gasteiger partial charge in [0.05, 0.1) is 16.6 Å². The Labute approximate surface area is 117 Å². The van der Waals surface area contributed by atoms with E-state index in [1.54, 1.807) is 6.92 Å². The number of aryl methyl sites for hydroxylation is 1. The van der Waals surface area contributed by atoms with Gasteiger partial charge in [0.1, 0.15) is 5.82 Å². The van der Waals surface area contributed by atoms with Gasteiger partial charge in [-0.1, -0.05) is 0 Å². The predicted molar refractivity (Wildman–Crippen MR) is 71.3 cm³/mol. The molecule has 0 fully saturated rings. The number of rotatable bonds is 5. The average Bonchev–Trinajstić information content (AvgIpc) is 2.37. The molecule has 1 aromatic rings. The van der Waals surface area contributed by atoms with E-state index in [0.717, 1.165) is 12.1 Å². The zero-order valence-corrected chi connectivity index (χ0v) is 12.3. The molecule has 112 valence electrons. The van der Waals surface area contributed by atoms with Gasteiger partial charge in [-0.05, 0) is 31.5 Å². The van der Waals surface area contributed by atoms with Crippen molar-refractivity contribution in [2.24, 2.45) is 5.14 Å². The van der Waals surface area contributed by atoms with Gasteiger partial charge in [-0.25, -0.2) is 17.9 Å². The first-order valence-corrected chi connectivity index (χ1v) is 7.35. The Balaban J connectivity index is 3.11. The molecule has 0 aliphatic heterocycles. The van der Waals surface area contributed by atoms with E-state index in [1.165, 1.54) is 14.0 Å². The van der Waals surface area contributed by atoms with Crippen LogP contribution in [0.25, 0.3) is 0 Å². The van der Waals surface area contributed by atoms with Gasteiger partial charge in [0.15, 0.2) is 0 Å². The van der Waals surface area contributed by atoms with E-state index in [1.807, 2.05) is 0 Å². The van der Waals surface area contributed by atoms with Crippen molar-refractivity contribution in [3.8, 4) is 0 Å². The number of amides is 1. The Hall–Kier alpha value is -1.51. The van der Waals surface area contributed by atoms with Crippen LogP contribution in [0.2, 0.25) is 0 Å². The van der Waals surface area contributed by atoms with E-state index in [4.69, 9.17) is 9.88 Å². The SMILES string of the molecule is COC(C)CNC(=O)c1cc(S(N)(=O)=O)cc(C)c1F. The molecule has 20 heavy (non-hydrogen) atoms. The molecule has 0 spiro atoms. The number of benzene rings is 1. The fraction of sp³-hybridized carbons (Fsp3) is 0.417. The van der Waals surface area contributed by atoms with Crippen LogP contribution in [0, 0.1) is 12.7 Å². The first-order chi connectivity index (χ1) is 9.16. The number of primary sulfonamides is 1. The van der Waals surface area contributed by atoms with Crippen LogP contribution in [0.1, 0.15) is 22.8 Å². The van der Waals surface area contributed by atoms with Crippen molar-refractivity contribution < 1.29 is 22.3 Å². The molecule has 1 aromatic carbocycles. The van der Waals surface area contributed by atoms with Crippen LogP contribution in [-0.2, 0) is 14.8 Å². The summed E-state index contributed by atoms with van der Waals surface area (Å²) < 4.78 is 41.4. The van der Waals surface area contributed by atoms with E-state index in [0.29, 0.717) is 0 Å². The van der Waals surface area contributed by atoms with E-state index in [2.05, 4.69) is 5.32 Å². The number of ether oxygens (including phenoxy) is 1. The standard InChI is InChI=1S/C12H17FN2O4S/c1-7-4-9(20(14,17)18)5-10(11(7)13)12(16)15-6-8(2)19-3/h4-5,8H,6H2,1-3H3,(H,15,16)(H2,14,17,18). The van der Waals surface area contributed by atoms with Crippen LogP contribution in [-0.4, -0.2) is 34.1 Å². The van der Waals surface area contributed by atoms with Gasteiger partial charge >= 0.3 is 0 Å². The molecule has 0 saturated carbocycles. The third kappa shape index (κ3) is 3.99. The minimum Gasteiger partial charge on any atom is -0.380 e. The van der Waals surface area contributed by atoms with Crippen molar-refractivity contribution in [2.45, 2.75) is 24.8 Å². The summed E-state index contributed by atoms with van der Waals surface area (Å²) in [4.78, 5) is 11.6. The van der Waals surface area contributed by atoms with Gasteiger partial charge < -0.3 is 10.1 Å². The summed E-state index contributed by atoms with van der Waals surface area (Å²) in [5.74, 6) is -1.50. The Kier molecular flexibility index (Phi) is 5.21. The van der Waals surface area contributed by atoms with Crippen LogP contribution in [0.15, 0.2) is 17.0 Å². The molecule has 0 aliphatic rings. The Morgan fingerprint density at radius 2 is 2.10 bits per heavy atom. The Morgan fingerprint density at radius 1 is 1.50 bits per heavy atom. The second-order valence-corrected chi connectivity index (χ2v) is 5.96. The van der Waals surface area contributed by atoms with Crippen LogP contribution in [0.4, 0.5) is 4.39 Å². The van der Waals surface area contributed by atoms with Crippen LogP contribution < -0.4 is 10.5 Å². The van der Waals surface area contributed by atoms with Crippen molar-refractivity contribution in [1.29, 1.82) is 0 Å². The van der Waals surface area contributed by atoms with Gasteiger partial charge in [0, 0.05) is 13.7 Å². The summed E-state index contributed by atoms with van der Waals surface area (Å²) in [5, 5.41) is 7.44. The summed E-state index contributed by atoms with van der Waals surface area (Å²) in [5.41, 5.74) is -0.334. The first-order valence-electron chi connectivity index (χ1n) is 5.80. The van der Waals surface area contributed by atoms with Crippen molar-refractivity contribution in [2.75, 3.05) is 13.7 Å². The maximum absolute atomic E-state index is 13.9. The summed E-state index contributed by atoms with van der Waals surface area (Å²) in [6.07, 6.45) is -0.246. The highest BCUT2D eigenvalue weighted by Gasteiger charge is 2.19. The molecular weight excluding hydrogens is 287 g/mol. The average molecular weight is 304 g/mol. The summed E-state index contributed by atoms with van der Waals surface area (Å²) in [6.45, 7) is 3.26. The summed E-state index contributed by atoms with van der Waals surface area (Å²) in [7, 11) is -2.53. The number of halogens is 1. The zero-order chi connectivity index (χ0) is 15.5. The number of carbonyl (C=O) groups is 1. The van der Waals surface area contributed by atoms with Gasteiger partial charge in [-0.3, -0.25) is 4.79 Å². The Bertz CT molecular complexity index is 616. The topological polar surface area (TPSA) is 98.5 Å². The molecule has 6 nitrogen and oxygen atoms in total. The van der Waals surface area contributed by atoms with Gasteiger partial charge in [-0.2, -0.15) is 0 Å². The lowest BCUT2D eigenvalue weighted by Gasteiger charge is -2.12. The Morgan fingerprint density at radius 3 is 2.60 bits per heavy atom.